The Balaban J connectivity index is 2.09. The summed E-state index contributed by atoms with van der Waals surface area (Å²) < 4.78 is 22.2. The normalized spacial score (nSPS) is 12.2. The lowest BCUT2D eigenvalue weighted by molar-refractivity contribution is 0.0693. The molecule has 1 aliphatic rings. The quantitative estimate of drug-likeness (QED) is 0.521. The fourth-order valence-electron chi connectivity index (χ4n) is 3.81. The lowest BCUT2D eigenvalue weighted by atomic mass is 9.88. The SMILES string of the molecule is CCOc1ccc(-c2c(C(=O)O)c(CO)c(O)c3cc4c(cc23)OCO4)cc1OCC. The number of aliphatic hydroxyl groups excluding tert-OH is 1. The molecule has 0 aromatic heterocycles. The number of carboxylic acids is 1. The van der Waals surface area contributed by atoms with Crippen LogP contribution in [0.4, 0.5) is 0 Å². The maximum atomic E-state index is 12.3. The number of carbonyl (C=O) groups is 1. The van der Waals surface area contributed by atoms with Gasteiger partial charge in [0.2, 0.25) is 6.79 Å². The van der Waals surface area contributed by atoms with Crippen LogP contribution >= 0.6 is 0 Å². The van der Waals surface area contributed by atoms with Gasteiger partial charge in [0.05, 0.1) is 25.4 Å². The summed E-state index contributed by atoms with van der Waals surface area (Å²) in [7, 11) is 0. The van der Waals surface area contributed by atoms with Crippen LogP contribution in [0, 0.1) is 0 Å². The Labute approximate surface area is 178 Å². The second-order valence-electron chi connectivity index (χ2n) is 6.82. The van der Waals surface area contributed by atoms with Crippen molar-refractivity contribution in [3.05, 3.63) is 41.5 Å². The van der Waals surface area contributed by atoms with Gasteiger partial charge in [0.25, 0.3) is 0 Å². The van der Waals surface area contributed by atoms with E-state index in [0.717, 1.165) is 0 Å². The van der Waals surface area contributed by atoms with E-state index in [-0.39, 0.29) is 23.7 Å². The lowest BCUT2D eigenvalue weighted by Gasteiger charge is -2.19. The Morgan fingerprint density at radius 3 is 2.26 bits per heavy atom. The minimum Gasteiger partial charge on any atom is -0.507 e. The van der Waals surface area contributed by atoms with E-state index in [1.165, 1.54) is 0 Å². The minimum absolute atomic E-state index is 0.0257. The van der Waals surface area contributed by atoms with Crippen LogP contribution in [-0.2, 0) is 6.61 Å². The number of aromatic hydroxyl groups is 1. The molecule has 0 aliphatic carbocycles. The molecule has 3 aromatic rings. The van der Waals surface area contributed by atoms with Gasteiger partial charge in [0, 0.05) is 16.5 Å². The first-order valence-corrected chi connectivity index (χ1v) is 9.85. The monoisotopic (exact) mass is 426 g/mol. The van der Waals surface area contributed by atoms with Crippen molar-refractivity contribution in [1.29, 1.82) is 0 Å². The van der Waals surface area contributed by atoms with Crippen molar-refractivity contribution in [2.45, 2.75) is 20.5 Å². The Hall–Kier alpha value is -3.65. The second kappa shape index (κ2) is 8.23. The van der Waals surface area contributed by atoms with Crippen LogP contribution in [-0.4, -0.2) is 41.3 Å². The number of benzene rings is 3. The van der Waals surface area contributed by atoms with Gasteiger partial charge in [-0.3, -0.25) is 0 Å². The van der Waals surface area contributed by atoms with Crippen LogP contribution < -0.4 is 18.9 Å². The smallest absolute Gasteiger partial charge is 0.336 e. The number of hydrogen-bond acceptors (Lipinski definition) is 7. The van der Waals surface area contributed by atoms with Gasteiger partial charge in [-0.05, 0) is 49.1 Å². The van der Waals surface area contributed by atoms with E-state index in [2.05, 4.69) is 0 Å². The molecule has 31 heavy (non-hydrogen) atoms. The maximum absolute atomic E-state index is 12.3. The van der Waals surface area contributed by atoms with Gasteiger partial charge >= 0.3 is 5.97 Å². The summed E-state index contributed by atoms with van der Waals surface area (Å²) in [6, 6.07) is 8.34. The van der Waals surface area contributed by atoms with Gasteiger partial charge in [-0.2, -0.15) is 0 Å². The zero-order chi connectivity index (χ0) is 22.1. The summed E-state index contributed by atoms with van der Waals surface area (Å²) in [6.45, 7) is 3.91. The molecule has 0 radical (unpaired) electrons. The third kappa shape index (κ3) is 3.44. The molecule has 0 spiro atoms. The molecule has 0 fully saturated rings. The fraction of sp³-hybridized carbons (Fsp3) is 0.261. The summed E-state index contributed by atoms with van der Waals surface area (Å²) >= 11 is 0. The molecule has 8 heteroatoms. The van der Waals surface area contributed by atoms with Crippen molar-refractivity contribution in [3.63, 3.8) is 0 Å². The van der Waals surface area contributed by atoms with Crippen molar-refractivity contribution in [2.75, 3.05) is 20.0 Å². The predicted molar refractivity (Wildman–Crippen MR) is 112 cm³/mol. The number of rotatable bonds is 7. The van der Waals surface area contributed by atoms with Crippen LogP contribution in [0.5, 0.6) is 28.7 Å². The Bertz CT molecular complexity index is 1170. The van der Waals surface area contributed by atoms with E-state index < -0.39 is 12.6 Å². The first-order chi connectivity index (χ1) is 15.0. The molecule has 3 N–H and O–H groups in total. The third-order valence-corrected chi connectivity index (χ3v) is 5.08. The molecule has 0 amide bonds. The summed E-state index contributed by atoms with van der Waals surface area (Å²) in [5, 5.41) is 31.5. The van der Waals surface area contributed by atoms with Crippen LogP contribution in [0.3, 0.4) is 0 Å². The van der Waals surface area contributed by atoms with Crippen LogP contribution in [0.25, 0.3) is 21.9 Å². The first kappa shape index (κ1) is 20.6. The number of aromatic carboxylic acids is 1. The van der Waals surface area contributed by atoms with Gasteiger partial charge < -0.3 is 34.3 Å². The standard InChI is InChI=1S/C23H22O8/c1-3-28-16-6-5-12(7-17(16)29-4-2)20-13-8-18-19(31-11-30-18)9-14(13)22(25)15(10-24)21(20)23(26)27/h5-9,24-25H,3-4,10-11H2,1-2H3,(H,26,27). The highest BCUT2D eigenvalue weighted by atomic mass is 16.7. The molecule has 0 bridgehead atoms. The lowest BCUT2D eigenvalue weighted by Crippen LogP contribution is -2.07. The van der Waals surface area contributed by atoms with Crippen molar-refractivity contribution < 1.29 is 39.1 Å². The summed E-state index contributed by atoms with van der Waals surface area (Å²) in [6.07, 6.45) is 0. The van der Waals surface area contributed by atoms with Gasteiger partial charge in [-0.25, -0.2) is 4.79 Å². The van der Waals surface area contributed by atoms with Crippen LogP contribution in [0.1, 0.15) is 29.8 Å². The average molecular weight is 426 g/mol. The summed E-state index contributed by atoms with van der Waals surface area (Å²) in [5.74, 6) is 0.284. The Morgan fingerprint density at radius 1 is 1.00 bits per heavy atom. The number of hydrogen-bond donors (Lipinski definition) is 3. The summed E-state index contributed by atoms with van der Waals surface area (Å²) in [5.41, 5.74) is 0.577. The molecule has 8 nitrogen and oxygen atoms in total. The molecule has 3 aromatic carbocycles. The number of aliphatic hydroxyl groups is 1. The largest absolute Gasteiger partial charge is 0.507 e. The molecule has 0 saturated heterocycles. The Kier molecular flexibility index (Phi) is 5.48. The third-order valence-electron chi connectivity index (χ3n) is 5.08. The van der Waals surface area contributed by atoms with Gasteiger partial charge in [0.15, 0.2) is 23.0 Å². The molecular formula is C23H22O8. The van der Waals surface area contributed by atoms with E-state index in [9.17, 15) is 20.1 Å². The highest BCUT2D eigenvalue weighted by molar-refractivity contribution is 6.12. The highest BCUT2D eigenvalue weighted by Gasteiger charge is 2.27. The molecule has 1 heterocycles. The van der Waals surface area contributed by atoms with E-state index in [1.807, 2.05) is 13.8 Å². The van der Waals surface area contributed by atoms with Crippen LogP contribution in [0.15, 0.2) is 30.3 Å². The zero-order valence-electron chi connectivity index (χ0n) is 17.1. The van der Waals surface area contributed by atoms with Gasteiger partial charge in [-0.15, -0.1) is 0 Å². The minimum atomic E-state index is -1.28. The molecule has 0 atom stereocenters. The number of phenols is 1. The fourth-order valence-corrected chi connectivity index (χ4v) is 3.81. The molecule has 0 unspecified atom stereocenters. The van der Waals surface area contributed by atoms with Crippen molar-refractivity contribution in [1.82, 2.24) is 0 Å². The molecule has 1 aliphatic heterocycles. The number of ether oxygens (including phenoxy) is 4. The molecule has 162 valence electrons. The Morgan fingerprint density at radius 2 is 1.65 bits per heavy atom. The van der Waals surface area contributed by atoms with Crippen LogP contribution in [0.2, 0.25) is 0 Å². The van der Waals surface area contributed by atoms with Crippen molar-refractivity contribution in [3.8, 4) is 39.9 Å². The molecule has 0 saturated carbocycles. The van der Waals surface area contributed by atoms with E-state index in [1.54, 1.807) is 30.3 Å². The number of carboxylic acid groups (broad SMARTS) is 1. The predicted octanol–water partition coefficient (Wildman–Crippen LogP) is 3.93. The van der Waals surface area contributed by atoms with Crippen molar-refractivity contribution in [2.24, 2.45) is 0 Å². The highest BCUT2D eigenvalue weighted by Crippen LogP contribution is 2.47. The van der Waals surface area contributed by atoms with Gasteiger partial charge in [-0.1, -0.05) is 6.07 Å². The van der Waals surface area contributed by atoms with E-state index >= 15 is 0 Å². The molecule has 4 rings (SSSR count). The molecular weight excluding hydrogens is 404 g/mol. The zero-order valence-corrected chi connectivity index (χ0v) is 17.1. The van der Waals surface area contributed by atoms with E-state index in [4.69, 9.17) is 18.9 Å². The van der Waals surface area contributed by atoms with E-state index in [0.29, 0.717) is 58.1 Å². The van der Waals surface area contributed by atoms with Gasteiger partial charge in [0.1, 0.15) is 5.75 Å². The maximum Gasteiger partial charge on any atom is 0.336 e. The average Bonchev–Trinajstić information content (AvgIpc) is 3.21. The second-order valence-corrected chi connectivity index (χ2v) is 6.82. The summed E-state index contributed by atoms with van der Waals surface area (Å²) in [4.78, 5) is 12.3. The number of fused-ring (bicyclic) bond motifs is 2. The first-order valence-electron chi connectivity index (χ1n) is 9.85. The van der Waals surface area contributed by atoms with Crippen molar-refractivity contribution >= 4 is 16.7 Å². The topological polar surface area (TPSA) is 115 Å².